The summed E-state index contributed by atoms with van der Waals surface area (Å²) >= 11 is 0. The number of hydrogen-bond donors (Lipinski definition) is 1. The SMILES string of the molecule is Cc1nc(-c2cccc(F)c2)oc1CO. The highest BCUT2D eigenvalue weighted by molar-refractivity contribution is 5.53. The third-order valence-corrected chi connectivity index (χ3v) is 2.11. The molecule has 0 saturated carbocycles. The molecule has 2 rings (SSSR count). The molecular weight excluding hydrogens is 197 g/mol. The van der Waals surface area contributed by atoms with Gasteiger partial charge in [0.15, 0.2) is 5.76 Å². The summed E-state index contributed by atoms with van der Waals surface area (Å²) in [6, 6.07) is 5.98. The van der Waals surface area contributed by atoms with Crippen molar-refractivity contribution < 1.29 is 13.9 Å². The number of halogens is 1. The van der Waals surface area contributed by atoms with Gasteiger partial charge in [0, 0.05) is 5.56 Å². The number of aromatic nitrogens is 1. The van der Waals surface area contributed by atoms with Gasteiger partial charge in [0.2, 0.25) is 5.89 Å². The van der Waals surface area contributed by atoms with E-state index >= 15 is 0 Å². The van der Waals surface area contributed by atoms with Crippen LogP contribution in [0.15, 0.2) is 28.7 Å². The molecule has 1 N–H and O–H groups in total. The molecule has 0 amide bonds. The van der Waals surface area contributed by atoms with E-state index in [4.69, 9.17) is 9.52 Å². The van der Waals surface area contributed by atoms with E-state index in [1.54, 1.807) is 19.1 Å². The van der Waals surface area contributed by atoms with Gasteiger partial charge in [-0.05, 0) is 25.1 Å². The fourth-order valence-electron chi connectivity index (χ4n) is 1.32. The third-order valence-electron chi connectivity index (χ3n) is 2.11. The molecule has 0 spiro atoms. The highest BCUT2D eigenvalue weighted by Gasteiger charge is 2.10. The van der Waals surface area contributed by atoms with E-state index in [2.05, 4.69) is 4.98 Å². The largest absolute Gasteiger partial charge is 0.438 e. The van der Waals surface area contributed by atoms with Crippen molar-refractivity contribution in [3.05, 3.63) is 41.5 Å². The van der Waals surface area contributed by atoms with Crippen LogP contribution in [-0.2, 0) is 6.61 Å². The quantitative estimate of drug-likeness (QED) is 0.821. The van der Waals surface area contributed by atoms with Gasteiger partial charge in [0.25, 0.3) is 0 Å². The number of nitrogens with zero attached hydrogens (tertiary/aromatic N) is 1. The first-order chi connectivity index (χ1) is 7.20. The van der Waals surface area contributed by atoms with Crippen LogP contribution in [0.3, 0.4) is 0 Å². The zero-order valence-corrected chi connectivity index (χ0v) is 8.20. The molecule has 1 heterocycles. The van der Waals surface area contributed by atoms with Gasteiger partial charge in [0.05, 0.1) is 5.69 Å². The predicted octanol–water partition coefficient (Wildman–Crippen LogP) is 2.28. The standard InChI is InChI=1S/C11H10FNO2/c1-7-10(6-14)15-11(13-7)8-3-2-4-9(12)5-8/h2-5,14H,6H2,1H3. The van der Waals surface area contributed by atoms with Gasteiger partial charge in [-0.25, -0.2) is 9.37 Å². The second kappa shape index (κ2) is 3.82. The van der Waals surface area contributed by atoms with Gasteiger partial charge in [-0.3, -0.25) is 0 Å². The van der Waals surface area contributed by atoms with E-state index < -0.39 is 0 Å². The summed E-state index contributed by atoms with van der Waals surface area (Å²) < 4.78 is 18.2. The summed E-state index contributed by atoms with van der Waals surface area (Å²) in [4.78, 5) is 4.10. The molecule has 0 aliphatic carbocycles. The molecule has 15 heavy (non-hydrogen) atoms. The molecule has 2 aromatic rings. The minimum absolute atomic E-state index is 0.200. The van der Waals surface area contributed by atoms with E-state index in [1.807, 2.05) is 0 Å². The van der Waals surface area contributed by atoms with Crippen LogP contribution in [0, 0.1) is 12.7 Å². The molecule has 78 valence electrons. The maximum Gasteiger partial charge on any atom is 0.226 e. The lowest BCUT2D eigenvalue weighted by atomic mass is 10.2. The lowest BCUT2D eigenvalue weighted by Gasteiger charge is -1.94. The van der Waals surface area contributed by atoms with E-state index in [0.717, 1.165) is 0 Å². The highest BCUT2D eigenvalue weighted by atomic mass is 19.1. The molecule has 0 unspecified atom stereocenters. The second-order valence-electron chi connectivity index (χ2n) is 3.20. The summed E-state index contributed by atoms with van der Waals surface area (Å²) in [5, 5.41) is 8.93. The van der Waals surface area contributed by atoms with Crippen molar-refractivity contribution in [1.82, 2.24) is 4.98 Å². The number of aryl methyl sites for hydroxylation is 1. The monoisotopic (exact) mass is 207 g/mol. The zero-order valence-electron chi connectivity index (χ0n) is 8.20. The first kappa shape index (κ1) is 9.86. The van der Waals surface area contributed by atoms with Gasteiger partial charge in [-0.2, -0.15) is 0 Å². The maximum absolute atomic E-state index is 12.9. The summed E-state index contributed by atoms with van der Waals surface area (Å²) in [7, 11) is 0. The first-order valence-corrected chi connectivity index (χ1v) is 4.54. The Kier molecular flexibility index (Phi) is 2.51. The van der Waals surface area contributed by atoms with Crippen molar-refractivity contribution in [2.45, 2.75) is 13.5 Å². The number of benzene rings is 1. The molecule has 0 saturated heterocycles. The normalized spacial score (nSPS) is 10.6. The molecule has 0 aliphatic rings. The number of hydrogen-bond acceptors (Lipinski definition) is 3. The smallest absolute Gasteiger partial charge is 0.226 e. The Morgan fingerprint density at radius 3 is 2.87 bits per heavy atom. The van der Waals surface area contributed by atoms with E-state index in [1.165, 1.54) is 12.1 Å². The van der Waals surface area contributed by atoms with Crippen molar-refractivity contribution in [3.8, 4) is 11.5 Å². The second-order valence-corrected chi connectivity index (χ2v) is 3.20. The third kappa shape index (κ3) is 1.89. The van der Waals surface area contributed by atoms with Crippen LogP contribution in [-0.4, -0.2) is 10.1 Å². The Labute approximate surface area is 86.2 Å². The molecule has 0 bridgehead atoms. The van der Waals surface area contributed by atoms with Gasteiger partial charge < -0.3 is 9.52 Å². The minimum Gasteiger partial charge on any atom is -0.438 e. The van der Waals surface area contributed by atoms with Gasteiger partial charge in [-0.15, -0.1) is 0 Å². The number of oxazole rings is 1. The fraction of sp³-hybridized carbons (Fsp3) is 0.182. The average molecular weight is 207 g/mol. The van der Waals surface area contributed by atoms with Crippen molar-refractivity contribution >= 4 is 0 Å². The lowest BCUT2D eigenvalue weighted by molar-refractivity contribution is 0.247. The van der Waals surface area contributed by atoms with Crippen LogP contribution in [0.4, 0.5) is 4.39 Å². The van der Waals surface area contributed by atoms with E-state index in [0.29, 0.717) is 22.9 Å². The van der Waals surface area contributed by atoms with Crippen LogP contribution in [0.5, 0.6) is 0 Å². The van der Waals surface area contributed by atoms with Gasteiger partial charge in [-0.1, -0.05) is 6.07 Å². The van der Waals surface area contributed by atoms with Crippen LogP contribution < -0.4 is 0 Å². The van der Waals surface area contributed by atoms with E-state index in [-0.39, 0.29) is 12.4 Å². The Hall–Kier alpha value is -1.68. The first-order valence-electron chi connectivity index (χ1n) is 4.54. The van der Waals surface area contributed by atoms with Gasteiger partial charge >= 0.3 is 0 Å². The molecule has 1 aromatic carbocycles. The molecule has 0 atom stereocenters. The van der Waals surface area contributed by atoms with Crippen molar-refractivity contribution in [2.75, 3.05) is 0 Å². The summed E-state index contributed by atoms with van der Waals surface area (Å²) in [5.74, 6) is 0.402. The minimum atomic E-state index is -0.339. The Morgan fingerprint density at radius 2 is 2.27 bits per heavy atom. The molecule has 4 heteroatoms. The zero-order chi connectivity index (χ0) is 10.8. The lowest BCUT2D eigenvalue weighted by Crippen LogP contribution is -1.81. The average Bonchev–Trinajstić information content (AvgIpc) is 2.60. The molecule has 1 aromatic heterocycles. The fourth-order valence-corrected chi connectivity index (χ4v) is 1.32. The summed E-state index contributed by atoms with van der Waals surface area (Å²) in [6.07, 6.45) is 0. The topological polar surface area (TPSA) is 46.3 Å². The molecule has 0 radical (unpaired) electrons. The number of aliphatic hydroxyl groups excluding tert-OH is 1. The Balaban J connectivity index is 2.45. The summed E-state index contributed by atoms with van der Waals surface area (Å²) in [5.41, 5.74) is 1.19. The highest BCUT2D eigenvalue weighted by Crippen LogP contribution is 2.22. The predicted molar refractivity (Wildman–Crippen MR) is 52.6 cm³/mol. The van der Waals surface area contributed by atoms with Crippen LogP contribution in [0.25, 0.3) is 11.5 Å². The number of aliphatic hydroxyl groups is 1. The molecule has 0 aliphatic heterocycles. The Bertz CT molecular complexity index is 479. The molecular formula is C11H10FNO2. The van der Waals surface area contributed by atoms with Crippen molar-refractivity contribution in [2.24, 2.45) is 0 Å². The van der Waals surface area contributed by atoms with Crippen LogP contribution >= 0.6 is 0 Å². The number of rotatable bonds is 2. The Morgan fingerprint density at radius 1 is 1.47 bits per heavy atom. The van der Waals surface area contributed by atoms with E-state index in [9.17, 15) is 4.39 Å². The van der Waals surface area contributed by atoms with Crippen molar-refractivity contribution in [1.29, 1.82) is 0 Å². The van der Waals surface area contributed by atoms with Crippen molar-refractivity contribution in [3.63, 3.8) is 0 Å². The van der Waals surface area contributed by atoms with Crippen LogP contribution in [0.2, 0.25) is 0 Å². The molecule has 3 nitrogen and oxygen atoms in total. The summed E-state index contributed by atoms with van der Waals surface area (Å²) in [6.45, 7) is 1.53. The molecule has 0 fully saturated rings. The van der Waals surface area contributed by atoms with Gasteiger partial charge in [0.1, 0.15) is 12.4 Å². The van der Waals surface area contributed by atoms with Crippen LogP contribution in [0.1, 0.15) is 11.5 Å². The maximum atomic E-state index is 12.9.